The maximum Gasteiger partial charge on any atom is 0.348 e. The molecular weight excluding hydrogens is 320 g/mol. The van der Waals surface area contributed by atoms with Crippen molar-refractivity contribution >= 4 is 21.7 Å². The summed E-state index contributed by atoms with van der Waals surface area (Å²) in [7, 11) is -1.08. The highest BCUT2D eigenvalue weighted by atomic mass is 32.2. The van der Waals surface area contributed by atoms with Crippen molar-refractivity contribution in [1.82, 2.24) is 9.55 Å². The molecule has 1 saturated carbocycles. The Kier molecular flexibility index (Phi) is 3.81. The zero-order valence-electron chi connectivity index (χ0n) is 13.4. The van der Waals surface area contributed by atoms with Crippen molar-refractivity contribution < 1.29 is 4.21 Å². The van der Waals surface area contributed by atoms with E-state index < -0.39 is 10.8 Å². The summed E-state index contributed by atoms with van der Waals surface area (Å²) in [4.78, 5) is 17.7. The van der Waals surface area contributed by atoms with Crippen LogP contribution >= 0.6 is 0 Å². The summed E-state index contributed by atoms with van der Waals surface area (Å²) in [6.07, 6.45) is 4.01. The maximum atomic E-state index is 12.6. The molecule has 3 aromatic rings. The van der Waals surface area contributed by atoms with Crippen LogP contribution in [0.15, 0.2) is 58.2 Å². The van der Waals surface area contributed by atoms with Gasteiger partial charge in [-0.3, -0.25) is 8.78 Å². The first-order valence-corrected chi connectivity index (χ1v) is 9.63. The van der Waals surface area contributed by atoms with Gasteiger partial charge in [-0.25, -0.2) is 4.79 Å². The fourth-order valence-electron chi connectivity index (χ4n) is 2.99. The highest BCUT2D eigenvalue weighted by Gasteiger charge is 2.24. The molecule has 1 aliphatic rings. The average molecular weight is 338 g/mol. The molecule has 122 valence electrons. The molecule has 1 unspecified atom stereocenters. The lowest BCUT2D eigenvalue weighted by Gasteiger charge is -2.13. The van der Waals surface area contributed by atoms with E-state index in [0.717, 1.165) is 21.4 Å². The molecule has 1 atom stereocenters. The molecule has 0 spiro atoms. The third kappa shape index (κ3) is 2.80. The summed E-state index contributed by atoms with van der Waals surface area (Å²) in [6.45, 7) is 0.714. The van der Waals surface area contributed by atoms with Crippen LogP contribution in [0.5, 0.6) is 0 Å². The van der Waals surface area contributed by atoms with E-state index in [9.17, 15) is 9.00 Å². The van der Waals surface area contributed by atoms with Gasteiger partial charge < -0.3 is 0 Å². The Balaban J connectivity index is 2.02. The predicted molar refractivity (Wildman–Crippen MR) is 96.5 cm³/mol. The Morgan fingerprint density at radius 2 is 1.92 bits per heavy atom. The first kappa shape index (κ1) is 15.3. The van der Waals surface area contributed by atoms with Gasteiger partial charge in [0.2, 0.25) is 0 Å². The standard InChI is InChI=1S/C19H18N2O2S/c1-24(23)15-9-10-17-16(11-15)18(14-5-3-2-4-6-14)20-19(22)21(17)12-13-7-8-13/h2-6,9-11,13H,7-8,12H2,1H3. The fourth-order valence-corrected chi connectivity index (χ4v) is 3.53. The second-order valence-corrected chi connectivity index (χ2v) is 7.68. The molecule has 24 heavy (non-hydrogen) atoms. The third-order valence-corrected chi connectivity index (χ3v) is 5.39. The summed E-state index contributed by atoms with van der Waals surface area (Å²) in [5.41, 5.74) is 2.22. The molecule has 0 N–H and O–H groups in total. The molecule has 1 heterocycles. The lowest BCUT2D eigenvalue weighted by molar-refractivity contribution is 0.614. The van der Waals surface area contributed by atoms with Gasteiger partial charge in [-0.2, -0.15) is 4.98 Å². The zero-order valence-corrected chi connectivity index (χ0v) is 14.3. The summed E-state index contributed by atoms with van der Waals surface area (Å²) in [6, 6.07) is 15.3. The summed E-state index contributed by atoms with van der Waals surface area (Å²) < 4.78 is 13.7. The van der Waals surface area contributed by atoms with Gasteiger partial charge >= 0.3 is 5.69 Å². The molecule has 5 heteroatoms. The smallest absolute Gasteiger partial charge is 0.292 e. The Morgan fingerprint density at radius 1 is 1.17 bits per heavy atom. The topological polar surface area (TPSA) is 52.0 Å². The van der Waals surface area contributed by atoms with Crippen molar-refractivity contribution in [1.29, 1.82) is 0 Å². The van der Waals surface area contributed by atoms with Crippen molar-refractivity contribution in [2.24, 2.45) is 5.92 Å². The number of fused-ring (bicyclic) bond motifs is 1. The van der Waals surface area contributed by atoms with Crippen molar-refractivity contribution in [3.05, 3.63) is 59.0 Å². The molecule has 1 aromatic heterocycles. The number of aromatic nitrogens is 2. The molecule has 0 bridgehead atoms. The van der Waals surface area contributed by atoms with Crippen LogP contribution in [-0.4, -0.2) is 20.0 Å². The van der Waals surface area contributed by atoms with Gasteiger partial charge in [0, 0.05) is 39.4 Å². The van der Waals surface area contributed by atoms with Crippen LogP contribution in [-0.2, 0) is 17.3 Å². The molecule has 1 fully saturated rings. The van der Waals surface area contributed by atoms with E-state index in [1.807, 2.05) is 48.5 Å². The summed E-state index contributed by atoms with van der Waals surface area (Å²) >= 11 is 0. The Hall–Kier alpha value is -2.27. The first-order valence-electron chi connectivity index (χ1n) is 8.07. The maximum absolute atomic E-state index is 12.6. The van der Waals surface area contributed by atoms with E-state index in [4.69, 9.17) is 0 Å². The van der Waals surface area contributed by atoms with E-state index in [1.54, 1.807) is 10.8 Å². The Labute approximate surface area is 142 Å². The van der Waals surface area contributed by atoms with Crippen LogP contribution in [0, 0.1) is 5.92 Å². The number of rotatable bonds is 4. The second-order valence-electron chi connectivity index (χ2n) is 6.30. The minimum absolute atomic E-state index is 0.210. The molecule has 0 aliphatic heterocycles. The monoisotopic (exact) mass is 338 g/mol. The van der Waals surface area contributed by atoms with Crippen LogP contribution in [0.1, 0.15) is 12.8 Å². The molecule has 4 nitrogen and oxygen atoms in total. The first-order chi connectivity index (χ1) is 11.6. The van der Waals surface area contributed by atoms with Crippen LogP contribution in [0.3, 0.4) is 0 Å². The lowest BCUT2D eigenvalue weighted by Crippen LogP contribution is -2.25. The fraction of sp³-hybridized carbons (Fsp3) is 0.263. The van der Waals surface area contributed by atoms with Gasteiger partial charge in [0.15, 0.2) is 0 Å². The average Bonchev–Trinajstić information content (AvgIpc) is 3.41. The van der Waals surface area contributed by atoms with E-state index in [0.29, 0.717) is 18.2 Å². The SMILES string of the molecule is CS(=O)c1ccc2c(c1)c(-c1ccccc1)nc(=O)n2CC1CC1. The lowest BCUT2D eigenvalue weighted by atomic mass is 10.1. The van der Waals surface area contributed by atoms with Crippen molar-refractivity contribution in [3.8, 4) is 11.3 Å². The van der Waals surface area contributed by atoms with Gasteiger partial charge in [-0.05, 0) is 37.0 Å². The van der Waals surface area contributed by atoms with Gasteiger partial charge in [-0.1, -0.05) is 30.3 Å². The van der Waals surface area contributed by atoms with Gasteiger partial charge in [0.25, 0.3) is 0 Å². The number of hydrogen-bond donors (Lipinski definition) is 0. The van der Waals surface area contributed by atoms with Crippen molar-refractivity contribution in [3.63, 3.8) is 0 Å². The largest absolute Gasteiger partial charge is 0.348 e. The number of benzene rings is 2. The molecule has 1 aliphatic carbocycles. The number of hydrogen-bond acceptors (Lipinski definition) is 3. The van der Waals surface area contributed by atoms with E-state index >= 15 is 0 Å². The van der Waals surface area contributed by atoms with Crippen LogP contribution in [0.2, 0.25) is 0 Å². The summed E-state index contributed by atoms with van der Waals surface area (Å²) in [5.74, 6) is 0.579. The quantitative estimate of drug-likeness (QED) is 0.734. The highest BCUT2D eigenvalue weighted by molar-refractivity contribution is 7.84. The number of nitrogens with zero attached hydrogens (tertiary/aromatic N) is 2. The van der Waals surface area contributed by atoms with Gasteiger partial charge in [0.05, 0.1) is 11.2 Å². The van der Waals surface area contributed by atoms with Crippen LogP contribution in [0.4, 0.5) is 0 Å². The van der Waals surface area contributed by atoms with Gasteiger partial charge in [0.1, 0.15) is 0 Å². The summed E-state index contributed by atoms with van der Waals surface area (Å²) in [5, 5.41) is 0.883. The van der Waals surface area contributed by atoms with Crippen LogP contribution in [0.25, 0.3) is 22.2 Å². The Bertz CT molecular complexity index is 991. The minimum atomic E-state index is -1.08. The molecule has 4 rings (SSSR count). The van der Waals surface area contributed by atoms with E-state index in [2.05, 4.69) is 4.98 Å². The molecular formula is C19H18N2O2S. The van der Waals surface area contributed by atoms with Gasteiger partial charge in [-0.15, -0.1) is 0 Å². The normalized spacial score (nSPS) is 15.5. The molecule has 0 radical (unpaired) electrons. The molecule has 0 amide bonds. The van der Waals surface area contributed by atoms with Crippen molar-refractivity contribution in [2.75, 3.05) is 6.26 Å². The second kappa shape index (κ2) is 5.98. The zero-order chi connectivity index (χ0) is 16.7. The molecule has 0 saturated heterocycles. The van der Waals surface area contributed by atoms with E-state index in [1.165, 1.54) is 12.8 Å². The Morgan fingerprint density at radius 3 is 2.58 bits per heavy atom. The van der Waals surface area contributed by atoms with Crippen LogP contribution < -0.4 is 5.69 Å². The van der Waals surface area contributed by atoms with Crippen molar-refractivity contribution in [2.45, 2.75) is 24.3 Å². The predicted octanol–water partition coefficient (Wildman–Crippen LogP) is 3.21. The highest BCUT2D eigenvalue weighted by Crippen LogP contribution is 2.32. The van der Waals surface area contributed by atoms with E-state index in [-0.39, 0.29) is 5.69 Å². The third-order valence-electron chi connectivity index (χ3n) is 4.47. The minimum Gasteiger partial charge on any atom is -0.292 e. The molecule has 2 aromatic carbocycles.